The lowest BCUT2D eigenvalue weighted by molar-refractivity contribution is 0.521. The molecule has 15 heavy (non-hydrogen) atoms. The highest BCUT2D eigenvalue weighted by molar-refractivity contribution is 6.29. The van der Waals surface area contributed by atoms with E-state index in [1.165, 1.54) is 0 Å². The lowest BCUT2D eigenvalue weighted by Crippen LogP contribution is -2.06. The largest absolute Gasteiger partial charge is 0.313 e. The molecule has 0 saturated heterocycles. The topological polar surface area (TPSA) is 30.7 Å². The number of fused-ring (bicyclic) bond motifs is 1. The van der Waals surface area contributed by atoms with E-state index in [1.54, 1.807) is 6.07 Å². The van der Waals surface area contributed by atoms with Crippen LogP contribution in [-0.2, 0) is 6.54 Å². The van der Waals surface area contributed by atoms with Crippen molar-refractivity contribution in [2.24, 2.45) is 5.92 Å². The fourth-order valence-corrected chi connectivity index (χ4v) is 1.82. The van der Waals surface area contributed by atoms with Crippen LogP contribution < -0.4 is 0 Å². The summed E-state index contributed by atoms with van der Waals surface area (Å²) in [4.78, 5) is 8.76. The van der Waals surface area contributed by atoms with Crippen molar-refractivity contribution >= 4 is 22.8 Å². The molecule has 0 unspecified atom stereocenters. The highest BCUT2D eigenvalue weighted by Crippen LogP contribution is 2.17. The third kappa shape index (κ3) is 1.97. The Hall–Kier alpha value is -1.09. The minimum absolute atomic E-state index is 0.521. The van der Waals surface area contributed by atoms with Gasteiger partial charge in [-0.3, -0.25) is 0 Å². The van der Waals surface area contributed by atoms with Crippen molar-refractivity contribution in [2.75, 3.05) is 0 Å². The molecule has 2 heterocycles. The van der Waals surface area contributed by atoms with Gasteiger partial charge in [-0.15, -0.1) is 0 Å². The molecule has 0 aromatic carbocycles. The molecule has 0 saturated carbocycles. The molecule has 0 N–H and O–H groups in total. The van der Waals surface area contributed by atoms with Gasteiger partial charge in [0.05, 0.1) is 0 Å². The SMILES string of the molecule is Cc1nc2ccc(Cl)nc2n1CC(C)C. The van der Waals surface area contributed by atoms with E-state index in [4.69, 9.17) is 11.6 Å². The maximum atomic E-state index is 5.88. The van der Waals surface area contributed by atoms with Crippen LogP contribution in [0.1, 0.15) is 19.7 Å². The molecule has 2 aromatic heterocycles. The molecule has 0 bridgehead atoms. The summed E-state index contributed by atoms with van der Waals surface area (Å²) in [6.07, 6.45) is 0. The first-order chi connectivity index (χ1) is 7.08. The molecule has 0 atom stereocenters. The second-order valence-corrected chi connectivity index (χ2v) is 4.53. The van der Waals surface area contributed by atoms with Crippen molar-refractivity contribution in [3.63, 3.8) is 0 Å². The van der Waals surface area contributed by atoms with Crippen molar-refractivity contribution in [1.29, 1.82) is 0 Å². The maximum absolute atomic E-state index is 5.88. The summed E-state index contributed by atoms with van der Waals surface area (Å²) in [5, 5.41) is 0.521. The fraction of sp³-hybridized carbons (Fsp3) is 0.455. The zero-order valence-corrected chi connectivity index (χ0v) is 9.91. The molecule has 80 valence electrons. The van der Waals surface area contributed by atoms with Crippen LogP contribution in [0, 0.1) is 12.8 Å². The molecule has 0 fully saturated rings. The van der Waals surface area contributed by atoms with Gasteiger partial charge < -0.3 is 4.57 Å². The van der Waals surface area contributed by atoms with E-state index in [1.807, 2.05) is 13.0 Å². The van der Waals surface area contributed by atoms with Crippen LogP contribution in [0.5, 0.6) is 0 Å². The number of nitrogens with zero attached hydrogens (tertiary/aromatic N) is 3. The quantitative estimate of drug-likeness (QED) is 0.733. The Bertz CT molecular complexity index is 488. The minimum Gasteiger partial charge on any atom is -0.313 e. The number of aryl methyl sites for hydroxylation is 1. The third-order valence-electron chi connectivity index (χ3n) is 2.30. The molecule has 0 amide bonds. The average Bonchev–Trinajstić information content (AvgIpc) is 2.43. The number of rotatable bonds is 2. The number of aromatic nitrogens is 3. The summed E-state index contributed by atoms with van der Waals surface area (Å²) in [6.45, 7) is 7.28. The highest BCUT2D eigenvalue weighted by atomic mass is 35.5. The van der Waals surface area contributed by atoms with Crippen LogP contribution >= 0.6 is 11.6 Å². The highest BCUT2D eigenvalue weighted by Gasteiger charge is 2.09. The van der Waals surface area contributed by atoms with Crippen molar-refractivity contribution < 1.29 is 0 Å². The van der Waals surface area contributed by atoms with Crippen LogP contribution in [0.25, 0.3) is 11.2 Å². The zero-order chi connectivity index (χ0) is 11.0. The van der Waals surface area contributed by atoms with E-state index >= 15 is 0 Å². The minimum atomic E-state index is 0.521. The van der Waals surface area contributed by atoms with Gasteiger partial charge in [0.15, 0.2) is 5.65 Å². The number of halogens is 1. The smallest absolute Gasteiger partial charge is 0.161 e. The number of hydrogen-bond donors (Lipinski definition) is 0. The number of hydrogen-bond acceptors (Lipinski definition) is 2. The van der Waals surface area contributed by atoms with Crippen molar-refractivity contribution in [1.82, 2.24) is 14.5 Å². The standard InChI is InChI=1S/C11H14ClN3/c1-7(2)6-15-8(3)13-9-4-5-10(12)14-11(9)15/h4-5,7H,6H2,1-3H3. The molecule has 0 aliphatic carbocycles. The summed E-state index contributed by atoms with van der Waals surface area (Å²) in [5.41, 5.74) is 1.80. The Morgan fingerprint density at radius 3 is 2.73 bits per heavy atom. The van der Waals surface area contributed by atoms with Crippen LogP contribution in [0.3, 0.4) is 0 Å². The average molecular weight is 224 g/mol. The number of pyridine rings is 1. The summed E-state index contributed by atoms with van der Waals surface area (Å²) >= 11 is 5.88. The van der Waals surface area contributed by atoms with E-state index in [9.17, 15) is 0 Å². The summed E-state index contributed by atoms with van der Waals surface area (Å²) in [5.74, 6) is 1.57. The summed E-state index contributed by atoms with van der Waals surface area (Å²) in [7, 11) is 0. The second-order valence-electron chi connectivity index (χ2n) is 4.14. The normalized spacial score (nSPS) is 11.5. The van der Waals surface area contributed by atoms with Crippen LogP contribution in [0.4, 0.5) is 0 Å². The molecular weight excluding hydrogens is 210 g/mol. The van der Waals surface area contributed by atoms with Crippen molar-refractivity contribution in [3.05, 3.63) is 23.1 Å². The van der Waals surface area contributed by atoms with Gasteiger partial charge in [0.25, 0.3) is 0 Å². The molecule has 0 spiro atoms. The van der Waals surface area contributed by atoms with Gasteiger partial charge in [-0.05, 0) is 25.0 Å². The van der Waals surface area contributed by atoms with E-state index in [0.717, 1.165) is 23.5 Å². The van der Waals surface area contributed by atoms with E-state index in [-0.39, 0.29) is 0 Å². The molecular formula is C11H14ClN3. The summed E-state index contributed by atoms with van der Waals surface area (Å²) < 4.78 is 2.12. The molecule has 0 aliphatic rings. The van der Waals surface area contributed by atoms with Crippen LogP contribution in [0.2, 0.25) is 5.15 Å². The lowest BCUT2D eigenvalue weighted by Gasteiger charge is -2.08. The van der Waals surface area contributed by atoms with Gasteiger partial charge in [0, 0.05) is 6.54 Å². The van der Waals surface area contributed by atoms with Gasteiger partial charge in [0.1, 0.15) is 16.5 Å². The van der Waals surface area contributed by atoms with Crippen LogP contribution in [0.15, 0.2) is 12.1 Å². The molecule has 0 aliphatic heterocycles. The van der Waals surface area contributed by atoms with Gasteiger partial charge in [-0.1, -0.05) is 25.4 Å². The van der Waals surface area contributed by atoms with Gasteiger partial charge in [-0.2, -0.15) is 0 Å². The third-order valence-corrected chi connectivity index (χ3v) is 2.51. The van der Waals surface area contributed by atoms with E-state index in [2.05, 4.69) is 28.4 Å². The molecule has 2 aromatic rings. The second kappa shape index (κ2) is 3.81. The van der Waals surface area contributed by atoms with Gasteiger partial charge in [-0.25, -0.2) is 9.97 Å². The van der Waals surface area contributed by atoms with Crippen LogP contribution in [-0.4, -0.2) is 14.5 Å². The molecule has 0 radical (unpaired) electrons. The Balaban J connectivity index is 2.60. The first kappa shape index (κ1) is 10.4. The Kier molecular flexibility index (Phi) is 2.65. The van der Waals surface area contributed by atoms with E-state index in [0.29, 0.717) is 11.1 Å². The Morgan fingerprint density at radius 1 is 1.33 bits per heavy atom. The molecule has 2 rings (SSSR count). The number of imidazole rings is 1. The zero-order valence-electron chi connectivity index (χ0n) is 9.16. The fourth-order valence-electron chi connectivity index (χ4n) is 1.68. The maximum Gasteiger partial charge on any atom is 0.161 e. The predicted molar refractivity (Wildman–Crippen MR) is 62.1 cm³/mol. The Morgan fingerprint density at radius 2 is 2.07 bits per heavy atom. The lowest BCUT2D eigenvalue weighted by atomic mass is 10.2. The van der Waals surface area contributed by atoms with Gasteiger partial charge in [0.2, 0.25) is 0 Å². The first-order valence-corrected chi connectivity index (χ1v) is 5.45. The van der Waals surface area contributed by atoms with Gasteiger partial charge >= 0.3 is 0 Å². The van der Waals surface area contributed by atoms with Crippen molar-refractivity contribution in [2.45, 2.75) is 27.3 Å². The predicted octanol–water partition coefficient (Wildman–Crippen LogP) is 3.05. The van der Waals surface area contributed by atoms with Crippen molar-refractivity contribution in [3.8, 4) is 0 Å². The monoisotopic (exact) mass is 223 g/mol. The summed E-state index contributed by atoms with van der Waals surface area (Å²) in [6, 6.07) is 3.69. The Labute approximate surface area is 94.1 Å². The first-order valence-electron chi connectivity index (χ1n) is 5.07. The molecule has 4 heteroatoms. The molecule has 3 nitrogen and oxygen atoms in total. The van der Waals surface area contributed by atoms with E-state index < -0.39 is 0 Å².